The first-order valence-electron chi connectivity index (χ1n) is 9.61. The minimum atomic E-state index is 0.255. The normalized spacial score (nSPS) is 34.0. The molecule has 0 spiro atoms. The largest absolute Gasteiger partial charge is 0.376 e. The Morgan fingerprint density at radius 3 is 1.73 bits per heavy atom. The van der Waals surface area contributed by atoms with Crippen molar-refractivity contribution in [2.45, 2.75) is 92.3 Å². The highest BCUT2D eigenvalue weighted by molar-refractivity contribution is 4.73. The number of rotatable bonds is 4. The summed E-state index contributed by atoms with van der Waals surface area (Å²) in [6.07, 6.45) is 8.90. The molecule has 3 atom stereocenters. The molecule has 22 heavy (non-hydrogen) atoms. The SMILES string of the molecule is CC(C)COC(C)C1CCC(C)CO1.CC1CCC(C)CC1. The maximum atomic E-state index is 5.76. The van der Waals surface area contributed by atoms with Gasteiger partial charge in [0.1, 0.15) is 0 Å². The second-order valence-electron chi connectivity index (χ2n) is 8.35. The summed E-state index contributed by atoms with van der Waals surface area (Å²) in [5.41, 5.74) is 0. The van der Waals surface area contributed by atoms with Crippen LogP contribution in [0.3, 0.4) is 0 Å². The summed E-state index contributed by atoms with van der Waals surface area (Å²) in [5, 5.41) is 0. The molecule has 2 nitrogen and oxygen atoms in total. The van der Waals surface area contributed by atoms with Crippen LogP contribution in [0.1, 0.15) is 80.1 Å². The zero-order chi connectivity index (χ0) is 16.5. The lowest BCUT2D eigenvalue weighted by atomic mass is 9.84. The van der Waals surface area contributed by atoms with Crippen molar-refractivity contribution in [2.75, 3.05) is 13.2 Å². The van der Waals surface area contributed by atoms with Crippen molar-refractivity contribution in [2.24, 2.45) is 23.7 Å². The molecular formula is C20H40O2. The van der Waals surface area contributed by atoms with Crippen LogP contribution in [0.2, 0.25) is 0 Å². The Morgan fingerprint density at radius 1 is 0.818 bits per heavy atom. The highest BCUT2D eigenvalue weighted by atomic mass is 16.5. The Balaban J connectivity index is 0.000000255. The molecule has 0 bridgehead atoms. The fourth-order valence-corrected chi connectivity index (χ4v) is 3.15. The maximum absolute atomic E-state index is 5.76. The van der Waals surface area contributed by atoms with Gasteiger partial charge in [-0.1, -0.05) is 60.3 Å². The molecule has 2 fully saturated rings. The zero-order valence-electron chi connectivity index (χ0n) is 15.9. The van der Waals surface area contributed by atoms with E-state index in [1.807, 2.05) is 0 Å². The van der Waals surface area contributed by atoms with E-state index in [1.165, 1.54) is 32.1 Å². The third-order valence-electron chi connectivity index (χ3n) is 5.06. The van der Waals surface area contributed by atoms with Crippen molar-refractivity contribution in [1.82, 2.24) is 0 Å². The molecule has 1 saturated carbocycles. The number of hydrogen-bond acceptors (Lipinski definition) is 2. The van der Waals surface area contributed by atoms with Gasteiger partial charge in [-0.3, -0.25) is 0 Å². The van der Waals surface area contributed by atoms with Gasteiger partial charge in [-0.05, 0) is 43.4 Å². The molecule has 0 amide bonds. The molecule has 3 unspecified atom stereocenters. The van der Waals surface area contributed by atoms with E-state index < -0.39 is 0 Å². The Morgan fingerprint density at radius 2 is 1.32 bits per heavy atom. The Kier molecular flexibility index (Phi) is 9.66. The van der Waals surface area contributed by atoms with E-state index in [2.05, 4.69) is 41.5 Å². The van der Waals surface area contributed by atoms with E-state index in [4.69, 9.17) is 9.47 Å². The van der Waals surface area contributed by atoms with Crippen LogP contribution in [0, 0.1) is 23.7 Å². The summed E-state index contributed by atoms with van der Waals surface area (Å²) in [5.74, 6) is 3.38. The summed E-state index contributed by atoms with van der Waals surface area (Å²) in [6.45, 7) is 15.2. The van der Waals surface area contributed by atoms with E-state index >= 15 is 0 Å². The molecule has 0 aromatic carbocycles. The van der Waals surface area contributed by atoms with Crippen molar-refractivity contribution >= 4 is 0 Å². The average molecular weight is 313 g/mol. The van der Waals surface area contributed by atoms with Gasteiger partial charge in [0.25, 0.3) is 0 Å². The van der Waals surface area contributed by atoms with Crippen LogP contribution in [0.4, 0.5) is 0 Å². The molecule has 1 saturated heterocycles. The minimum absolute atomic E-state index is 0.255. The summed E-state index contributed by atoms with van der Waals surface area (Å²) in [4.78, 5) is 0. The van der Waals surface area contributed by atoms with Crippen molar-refractivity contribution in [1.29, 1.82) is 0 Å². The lowest BCUT2D eigenvalue weighted by Gasteiger charge is -2.31. The van der Waals surface area contributed by atoms with Gasteiger partial charge in [0.05, 0.1) is 12.2 Å². The average Bonchev–Trinajstić information content (AvgIpc) is 2.49. The summed E-state index contributed by atoms with van der Waals surface area (Å²) in [6, 6.07) is 0. The van der Waals surface area contributed by atoms with Gasteiger partial charge in [0, 0.05) is 13.2 Å². The van der Waals surface area contributed by atoms with Crippen LogP contribution in [0.5, 0.6) is 0 Å². The van der Waals surface area contributed by atoms with Crippen molar-refractivity contribution < 1.29 is 9.47 Å². The predicted molar refractivity (Wildman–Crippen MR) is 95.2 cm³/mol. The van der Waals surface area contributed by atoms with Crippen LogP contribution >= 0.6 is 0 Å². The van der Waals surface area contributed by atoms with Crippen LogP contribution in [-0.4, -0.2) is 25.4 Å². The van der Waals surface area contributed by atoms with Gasteiger partial charge < -0.3 is 9.47 Å². The maximum Gasteiger partial charge on any atom is 0.0834 e. The molecule has 0 radical (unpaired) electrons. The van der Waals surface area contributed by atoms with E-state index in [1.54, 1.807) is 0 Å². The first-order chi connectivity index (χ1) is 10.4. The van der Waals surface area contributed by atoms with Gasteiger partial charge in [-0.15, -0.1) is 0 Å². The lowest BCUT2D eigenvalue weighted by Crippen LogP contribution is -2.35. The molecule has 1 heterocycles. The predicted octanol–water partition coefficient (Wildman–Crippen LogP) is 5.70. The standard InChI is InChI=1S/C12H24O2.C8H16/c1-9(2)7-13-11(4)12-6-5-10(3)8-14-12;1-7-3-5-8(2)6-4-7/h9-12H,5-8H2,1-4H3;7-8H,3-6H2,1-2H3. The third kappa shape index (κ3) is 8.53. The topological polar surface area (TPSA) is 18.5 Å². The minimum Gasteiger partial charge on any atom is -0.376 e. The monoisotopic (exact) mass is 312 g/mol. The molecule has 1 aliphatic carbocycles. The van der Waals surface area contributed by atoms with Crippen LogP contribution in [0.15, 0.2) is 0 Å². The fraction of sp³-hybridized carbons (Fsp3) is 1.00. The van der Waals surface area contributed by atoms with E-state index in [0.29, 0.717) is 12.0 Å². The van der Waals surface area contributed by atoms with Crippen LogP contribution < -0.4 is 0 Å². The van der Waals surface area contributed by atoms with Crippen molar-refractivity contribution in [3.05, 3.63) is 0 Å². The van der Waals surface area contributed by atoms with E-state index in [0.717, 1.165) is 37.4 Å². The first kappa shape index (κ1) is 20.0. The van der Waals surface area contributed by atoms with Gasteiger partial charge in [-0.25, -0.2) is 0 Å². The molecule has 132 valence electrons. The molecular weight excluding hydrogens is 272 g/mol. The Labute approximate surface area is 139 Å². The molecule has 0 N–H and O–H groups in total. The van der Waals surface area contributed by atoms with E-state index in [9.17, 15) is 0 Å². The highest BCUT2D eigenvalue weighted by Crippen LogP contribution is 2.27. The second-order valence-corrected chi connectivity index (χ2v) is 8.35. The van der Waals surface area contributed by atoms with Crippen LogP contribution in [-0.2, 0) is 9.47 Å². The molecule has 1 aliphatic heterocycles. The fourth-order valence-electron chi connectivity index (χ4n) is 3.15. The third-order valence-corrected chi connectivity index (χ3v) is 5.06. The summed E-state index contributed by atoms with van der Waals surface area (Å²) >= 11 is 0. The first-order valence-corrected chi connectivity index (χ1v) is 9.61. The highest BCUT2D eigenvalue weighted by Gasteiger charge is 2.24. The van der Waals surface area contributed by atoms with Crippen LogP contribution in [0.25, 0.3) is 0 Å². The number of hydrogen-bond donors (Lipinski definition) is 0. The summed E-state index contributed by atoms with van der Waals surface area (Å²) in [7, 11) is 0. The van der Waals surface area contributed by atoms with Gasteiger partial charge >= 0.3 is 0 Å². The molecule has 2 aliphatic rings. The van der Waals surface area contributed by atoms with Gasteiger partial charge in [0.15, 0.2) is 0 Å². The second kappa shape index (κ2) is 10.6. The quantitative estimate of drug-likeness (QED) is 0.663. The molecule has 0 aromatic rings. The van der Waals surface area contributed by atoms with Gasteiger partial charge in [-0.2, -0.15) is 0 Å². The lowest BCUT2D eigenvalue weighted by molar-refractivity contribution is -0.101. The van der Waals surface area contributed by atoms with Gasteiger partial charge in [0.2, 0.25) is 0 Å². The molecule has 0 aromatic heterocycles. The van der Waals surface area contributed by atoms with Crippen molar-refractivity contribution in [3.63, 3.8) is 0 Å². The number of ether oxygens (including phenoxy) is 2. The Bertz CT molecular complexity index is 251. The smallest absolute Gasteiger partial charge is 0.0834 e. The molecule has 2 rings (SSSR count). The summed E-state index contributed by atoms with van der Waals surface area (Å²) < 4.78 is 11.5. The van der Waals surface area contributed by atoms with E-state index in [-0.39, 0.29) is 6.10 Å². The van der Waals surface area contributed by atoms with Crippen molar-refractivity contribution in [3.8, 4) is 0 Å². The Hall–Kier alpha value is -0.0800. The zero-order valence-corrected chi connectivity index (χ0v) is 15.9. The molecule has 2 heteroatoms.